The number of hydrogen-bond donors (Lipinski definition) is 1. The van der Waals surface area contributed by atoms with Gasteiger partial charge in [-0.2, -0.15) is 0 Å². The van der Waals surface area contributed by atoms with E-state index < -0.39 is 0 Å². The monoisotopic (exact) mass is 189 g/mol. The van der Waals surface area contributed by atoms with Crippen LogP contribution in [0.1, 0.15) is 18.5 Å². The Labute approximate surface area is 85.9 Å². The molecule has 2 rings (SSSR count). The molecule has 0 aliphatic carbocycles. The standard InChI is InChI=1S/C12H17N2/c1-11(12-5-3-2-4-6-12)14-9-7-13-8-10-14/h2-5,11,13H,7-10H2,1H3. The van der Waals surface area contributed by atoms with Gasteiger partial charge in [-0.05, 0) is 18.6 Å². The smallest absolute Gasteiger partial charge is 0.0327 e. The molecule has 1 aromatic rings. The highest BCUT2D eigenvalue weighted by Crippen LogP contribution is 2.18. The molecule has 1 atom stereocenters. The van der Waals surface area contributed by atoms with Crippen LogP contribution in [0, 0.1) is 6.07 Å². The minimum absolute atomic E-state index is 0.498. The third-order valence-corrected chi connectivity index (χ3v) is 2.88. The van der Waals surface area contributed by atoms with E-state index in [-0.39, 0.29) is 0 Å². The zero-order valence-electron chi connectivity index (χ0n) is 8.66. The van der Waals surface area contributed by atoms with E-state index in [1.54, 1.807) is 0 Å². The predicted molar refractivity (Wildman–Crippen MR) is 58.1 cm³/mol. The molecule has 2 heteroatoms. The molecule has 0 spiro atoms. The van der Waals surface area contributed by atoms with Crippen LogP contribution in [-0.2, 0) is 0 Å². The van der Waals surface area contributed by atoms with Gasteiger partial charge in [0.15, 0.2) is 0 Å². The largest absolute Gasteiger partial charge is 0.314 e. The van der Waals surface area contributed by atoms with E-state index in [2.05, 4.69) is 35.3 Å². The molecular weight excluding hydrogens is 172 g/mol. The van der Waals surface area contributed by atoms with E-state index in [0.717, 1.165) is 26.2 Å². The molecule has 1 N–H and O–H groups in total. The number of nitrogens with zero attached hydrogens (tertiary/aromatic N) is 1. The first-order valence-electron chi connectivity index (χ1n) is 5.29. The molecular formula is C12H17N2. The van der Waals surface area contributed by atoms with Crippen molar-refractivity contribution in [3.8, 4) is 0 Å². The Morgan fingerprint density at radius 1 is 1.36 bits per heavy atom. The van der Waals surface area contributed by atoms with Gasteiger partial charge < -0.3 is 5.32 Å². The lowest BCUT2D eigenvalue weighted by atomic mass is 10.1. The number of piperazine rings is 1. The van der Waals surface area contributed by atoms with Crippen LogP contribution in [0.5, 0.6) is 0 Å². The molecule has 1 unspecified atom stereocenters. The molecule has 1 heterocycles. The van der Waals surface area contributed by atoms with Gasteiger partial charge in [0, 0.05) is 32.2 Å². The van der Waals surface area contributed by atoms with Crippen LogP contribution >= 0.6 is 0 Å². The van der Waals surface area contributed by atoms with Crippen molar-refractivity contribution in [2.24, 2.45) is 0 Å². The molecule has 75 valence electrons. The van der Waals surface area contributed by atoms with Crippen molar-refractivity contribution in [3.63, 3.8) is 0 Å². The first-order valence-corrected chi connectivity index (χ1v) is 5.29. The Morgan fingerprint density at radius 3 is 2.79 bits per heavy atom. The summed E-state index contributed by atoms with van der Waals surface area (Å²) in [5, 5.41) is 3.37. The second-order valence-electron chi connectivity index (χ2n) is 3.78. The maximum Gasteiger partial charge on any atom is 0.0327 e. The number of benzene rings is 1. The summed E-state index contributed by atoms with van der Waals surface area (Å²) in [6.45, 7) is 6.76. The summed E-state index contributed by atoms with van der Waals surface area (Å²) >= 11 is 0. The topological polar surface area (TPSA) is 15.3 Å². The molecule has 0 saturated carbocycles. The second-order valence-corrected chi connectivity index (χ2v) is 3.78. The minimum Gasteiger partial charge on any atom is -0.314 e. The summed E-state index contributed by atoms with van der Waals surface area (Å²) in [7, 11) is 0. The SMILES string of the molecule is CC(c1[c]cccc1)N1CCNCC1. The predicted octanol–water partition coefficient (Wildman–Crippen LogP) is 1.45. The second kappa shape index (κ2) is 4.58. The molecule has 0 amide bonds. The highest BCUT2D eigenvalue weighted by atomic mass is 15.2. The van der Waals surface area contributed by atoms with Crippen LogP contribution in [0.3, 0.4) is 0 Å². The van der Waals surface area contributed by atoms with E-state index in [1.165, 1.54) is 5.56 Å². The molecule has 1 radical (unpaired) electrons. The third kappa shape index (κ3) is 2.14. The van der Waals surface area contributed by atoms with Crippen molar-refractivity contribution in [1.82, 2.24) is 10.2 Å². The molecule has 1 fully saturated rings. The summed E-state index contributed by atoms with van der Waals surface area (Å²) in [6, 6.07) is 12.1. The van der Waals surface area contributed by atoms with Crippen LogP contribution in [0.25, 0.3) is 0 Å². The van der Waals surface area contributed by atoms with E-state index in [4.69, 9.17) is 0 Å². The van der Waals surface area contributed by atoms with Gasteiger partial charge >= 0.3 is 0 Å². The maximum atomic E-state index is 3.37. The van der Waals surface area contributed by atoms with E-state index in [0.29, 0.717) is 6.04 Å². The van der Waals surface area contributed by atoms with Gasteiger partial charge in [-0.15, -0.1) is 0 Å². The van der Waals surface area contributed by atoms with Gasteiger partial charge in [-0.3, -0.25) is 4.90 Å². The average Bonchev–Trinajstić information content (AvgIpc) is 2.30. The molecule has 2 nitrogen and oxygen atoms in total. The highest BCUT2D eigenvalue weighted by molar-refractivity contribution is 5.16. The molecule has 1 aliphatic rings. The maximum absolute atomic E-state index is 3.37. The zero-order chi connectivity index (χ0) is 9.80. The summed E-state index contributed by atoms with van der Waals surface area (Å²) in [5.74, 6) is 0. The third-order valence-electron chi connectivity index (χ3n) is 2.88. The highest BCUT2D eigenvalue weighted by Gasteiger charge is 2.17. The molecule has 1 aromatic carbocycles. The molecule has 0 bridgehead atoms. The summed E-state index contributed by atoms with van der Waals surface area (Å²) < 4.78 is 0. The molecule has 1 aliphatic heterocycles. The van der Waals surface area contributed by atoms with E-state index >= 15 is 0 Å². The normalized spacial score (nSPS) is 20.6. The number of nitrogens with one attached hydrogen (secondary N) is 1. The number of rotatable bonds is 2. The van der Waals surface area contributed by atoms with Gasteiger partial charge in [0.2, 0.25) is 0 Å². The Kier molecular flexibility index (Phi) is 3.17. The Hall–Kier alpha value is -0.860. The lowest BCUT2D eigenvalue weighted by Crippen LogP contribution is -2.44. The fraction of sp³-hybridized carbons (Fsp3) is 0.500. The Morgan fingerprint density at radius 2 is 2.14 bits per heavy atom. The lowest BCUT2D eigenvalue weighted by molar-refractivity contribution is 0.185. The van der Waals surface area contributed by atoms with Crippen LogP contribution < -0.4 is 5.32 Å². The van der Waals surface area contributed by atoms with Crippen LogP contribution in [0.2, 0.25) is 0 Å². The van der Waals surface area contributed by atoms with E-state index in [9.17, 15) is 0 Å². The minimum atomic E-state index is 0.498. The summed E-state index contributed by atoms with van der Waals surface area (Å²) in [4.78, 5) is 2.50. The van der Waals surface area contributed by atoms with Crippen molar-refractivity contribution >= 4 is 0 Å². The van der Waals surface area contributed by atoms with Gasteiger partial charge in [0.25, 0.3) is 0 Å². The number of hydrogen-bond acceptors (Lipinski definition) is 2. The molecule has 1 saturated heterocycles. The van der Waals surface area contributed by atoms with Crippen LogP contribution in [0.15, 0.2) is 24.3 Å². The van der Waals surface area contributed by atoms with Crippen molar-refractivity contribution in [1.29, 1.82) is 0 Å². The Bertz CT molecular complexity index is 265. The molecule has 0 aromatic heterocycles. The summed E-state index contributed by atoms with van der Waals surface area (Å²) in [5.41, 5.74) is 1.30. The zero-order valence-corrected chi connectivity index (χ0v) is 8.66. The average molecular weight is 189 g/mol. The summed E-state index contributed by atoms with van der Waals surface area (Å²) in [6.07, 6.45) is 0. The van der Waals surface area contributed by atoms with Gasteiger partial charge in [-0.1, -0.05) is 24.3 Å². The first-order chi connectivity index (χ1) is 6.88. The van der Waals surface area contributed by atoms with Gasteiger partial charge in [0.05, 0.1) is 0 Å². The van der Waals surface area contributed by atoms with Crippen molar-refractivity contribution in [3.05, 3.63) is 35.9 Å². The fourth-order valence-corrected chi connectivity index (χ4v) is 1.93. The van der Waals surface area contributed by atoms with E-state index in [1.807, 2.05) is 12.1 Å². The Balaban J connectivity index is 2.03. The fourth-order valence-electron chi connectivity index (χ4n) is 1.93. The van der Waals surface area contributed by atoms with Crippen molar-refractivity contribution in [2.75, 3.05) is 26.2 Å². The molecule has 14 heavy (non-hydrogen) atoms. The van der Waals surface area contributed by atoms with Crippen molar-refractivity contribution < 1.29 is 0 Å². The van der Waals surface area contributed by atoms with Gasteiger partial charge in [-0.25, -0.2) is 0 Å². The first kappa shape index (κ1) is 9.69. The quantitative estimate of drug-likeness (QED) is 0.757. The van der Waals surface area contributed by atoms with Crippen molar-refractivity contribution in [2.45, 2.75) is 13.0 Å². The van der Waals surface area contributed by atoms with Crippen LogP contribution in [0.4, 0.5) is 0 Å². The lowest BCUT2D eigenvalue weighted by Gasteiger charge is -2.32. The van der Waals surface area contributed by atoms with Gasteiger partial charge in [0.1, 0.15) is 0 Å². The van der Waals surface area contributed by atoms with Crippen LogP contribution in [-0.4, -0.2) is 31.1 Å².